The summed E-state index contributed by atoms with van der Waals surface area (Å²) in [7, 11) is -0.442. The lowest BCUT2D eigenvalue weighted by Crippen LogP contribution is -2.41. The summed E-state index contributed by atoms with van der Waals surface area (Å²) in [4.78, 5) is 8.49. The summed E-state index contributed by atoms with van der Waals surface area (Å²) in [6.07, 6.45) is 4.44. The van der Waals surface area contributed by atoms with E-state index in [0.29, 0.717) is 18.5 Å². The van der Waals surface area contributed by atoms with Crippen molar-refractivity contribution in [2.75, 3.05) is 19.8 Å². The Kier molecular flexibility index (Phi) is 4.14. The molecule has 0 N–H and O–H groups in total. The van der Waals surface area contributed by atoms with Crippen molar-refractivity contribution in [2.45, 2.75) is 45.3 Å². The van der Waals surface area contributed by atoms with Gasteiger partial charge in [0.05, 0.1) is 24.4 Å². The molecule has 120 valence electrons. The van der Waals surface area contributed by atoms with E-state index in [1.54, 1.807) is 12.4 Å². The molecule has 6 nitrogen and oxygen atoms in total. The van der Waals surface area contributed by atoms with E-state index in [4.69, 9.17) is 18.8 Å². The first-order chi connectivity index (χ1) is 10.4. The molecule has 0 bridgehead atoms. The van der Waals surface area contributed by atoms with Gasteiger partial charge in [0.2, 0.25) is 0 Å². The lowest BCUT2D eigenvalue weighted by molar-refractivity contribution is 0.00578. The van der Waals surface area contributed by atoms with Crippen molar-refractivity contribution in [3.8, 4) is 6.01 Å². The third kappa shape index (κ3) is 3.11. The van der Waals surface area contributed by atoms with Crippen LogP contribution in [0.1, 0.15) is 34.1 Å². The van der Waals surface area contributed by atoms with E-state index in [0.717, 1.165) is 25.1 Å². The Hall–Kier alpha value is -1.18. The highest BCUT2D eigenvalue weighted by atomic mass is 16.7. The molecule has 0 spiro atoms. The van der Waals surface area contributed by atoms with Gasteiger partial charge in [-0.15, -0.1) is 0 Å². The summed E-state index contributed by atoms with van der Waals surface area (Å²) in [6, 6.07) is 0.382. The van der Waals surface area contributed by atoms with Crippen molar-refractivity contribution in [2.24, 2.45) is 5.92 Å². The number of ether oxygens (including phenoxy) is 2. The van der Waals surface area contributed by atoms with E-state index in [2.05, 4.69) is 9.97 Å². The van der Waals surface area contributed by atoms with E-state index in [9.17, 15) is 0 Å². The van der Waals surface area contributed by atoms with Crippen LogP contribution < -0.4 is 10.2 Å². The molecule has 1 aromatic heterocycles. The lowest BCUT2D eigenvalue weighted by atomic mass is 9.81. The Morgan fingerprint density at radius 3 is 2.36 bits per heavy atom. The maximum atomic E-state index is 5.97. The van der Waals surface area contributed by atoms with Crippen LogP contribution in [0.4, 0.5) is 0 Å². The Balaban J connectivity index is 1.60. The minimum atomic E-state index is -0.442. The van der Waals surface area contributed by atoms with E-state index in [-0.39, 0.29) is 11.2 Å². The molecule has 0 radical (unpaired) electrons. The molecule has 2 aliphatic rings. The van der Waals surface area contributed by atoms with Crippen molar-refractivity contribution < 1.29 is 18.8 Å². The molecule has 3 heterocycles. The molecular weight excluding hydrogens is 283 g/mol. The molecule has 0 unspecified atom stereocenters. The van der Waals surface area contributed by atoms with Crippen LogP contribution in [0.2, 0.25) is 0 Å². The van der Waals surface area contributed by atoms with Crippen molar-refractivity contribution in [3.63, 3.8) is 0 Å². The van der Waals surface area contributed by atoms with Crippen LogP contribution in [0.15, 0.2) is 12.4 Å². The Bertz CT molecular complexity index is 499. The first kappa shape index (κ1) is 15.7. The fraction of sp³-hybridized carbons (Fsp3) is 0.733. The van der Waals surface area contributed by atoms with Gasteiger partial charge in [-0.3, -0.25) is 0 Å². The number of hydrogen-bond acceptors (Lipinski definition) is 6. The van der Waals surface area contributed by atoms with Gasteiger partial charge in [-0.05, 0) is 34.1 Å². The molecule has 3 rings (SSSR count). The van der Waals surface area contributed by atoms with Crippen molar-refractivity contribution in [1.82, 2.24) is 9.97 Å². The fourth-order valence-corrected chi connectivity index (χ4v) is 2.41. The van der Waals surface area contributed by atoms with Crippen LogP contribution in [-0.4, -0.2) is 48.1 Å². The zero-order valence-electron chi connectivity index (χ0n) is 13.7. The smallest absolute Gasteiger partial charge is 0.463 e. The number of rotatable bonds is 4. The average Bonchev–Trinajstić information content (AvgIpc) is 3.04. The van der Waals surface area contributed by atoms with Gasteiger partial charge in [-0.1, -0.05) is 0 Å². The number of nitrogens with zero attached hydrogens (tertiary/aromatic N) is 2. The zero-order valence-corrected chi connectivity index (χ0v) is 13.7. The topological polar surface area (TPSA) is 62.7 Å². The summed E-state index contributed by atoms with van der Waals surface area (Å²) in [6.45, 7) is 10.3. The predicted octanol–water partition coefficient (Wildman–Crippen LogP) is 1.19. The van der Waals surface area contributed by atoms with E-state index < -0.39 is 7.12 Å². The van der Waals surface area contributed by atoms with Gasteiger partial charge >= 0.3 is 13.1 Å². The molecule has 2 saturated heterocycles. The van der Waals surface area contributed by atoms with Crippen LogP contribution in [0.5, 0.6) is 6.01 Å². The molecule has 0 amide bonds. The summed E-state index contributed by atoms with van der Waals surface area (Å²) >= 11 is 0. The summed E-state index contributed by atoms with van der Waals surface area (Å²) in [5, 5.41) is 0. The van der Waals surface area contributed by atoms with Crippen LogP contribution >= 0.6 is 0 Å². The van der Waals surface area contributed by atoms with Crippen LogP contribution in [0, 0.1) is 5.92 Å². The van der Waals surface area contributed by atoms with Crippen molar-refractivity contribution >= 4 is 12.6 Å². The first-order valence-electron chi connectivity index (χ1n) is 7.75. The molecule has 2 fully saturated rings. The van der Waals surface area contributed by atoms with E-state index in [1.807, 2.05) is 27.7 Å². The third-order valence-corrected chi connectivity index (χ3v) is 4.65. The quantitative estimate of drug-likeness (QED) is 0.779. The largest absolute Gasteiger partial charge is 0.498 e. The number of hydrogen-bond donors (Lipinski definition) is 0. The molecule has 1 atom stereocenters. The molecule has 0 aromatic carbocycles. The highest BCUT2D eigenvalue weighted by Crippen LogP contribution is 2.36. The molecule has 0 saturated carbocycles. The summed E-state index contributed by atoms with van der Waals surface area (Å²) < 4.78 is 22.9. The van der Waals surface area contributed by atoms with Gasteiger partial charge in [0, 0.05) is 30.4 Å². The monoisotopic (exact) mass is 306 g/mol. The van der Waals surface area contributed by atoms with Gasteiger partial charge in [0.15, 0.2) is 0 Å². The second kappa shape index (κ2) is 5.79. The van der Waals surface area contributed by atoms with Gasteiger partial charge in [-0.2, -0.15) is 0 Å². The van der Waals surface area contributed by atoms with Crippen molar-refractivity contribution in [3.05, 3.63) is 12.4 Å². The maximum Gasteiger partial charge on any atom is 0.498 e. The van der Waals surface area contributed by atoms with E-state index >= 15 is 0 Å². The van der Waals surface area contributed by atoms with Gasteiger partial charge in [-0.25, -0.2) is 9.97 Å². The Labute approximate surface area is 131 Å². The van der Waals surface area contributed by atoms with Crippen molar-refractivity contribution in [1.29, 1.82) is 0 Å². The minimum absolute atomic E-state index is 0.366. The Morgan fingerprint density at radius 2 is 1.82 bits per heavy atom. The summed E-state index contributed by atoms with van der Waals surface area (Å²) in [5.74, 6) is 0.436. The highest BCUT2D eigenvalue weighted by molar-refractivity contribution is 6.61. The van der Waals surface area contributed by atoms with Gasteiger partial charge in [0.25, 0.3) is 0 Å². The standard InChI is InChI=1S/C15H23BN2O4/c1-14(2)15(3,4)22-16(21-14)12-7-17-13(18-8-12)20-10-11-5-6-19-9-11/h7-8,11H,5-6,9-10H2,1-4H3/t11-/m1/s1. The molecule has 2 aliphatic heterocycles. The fourth-order valence-electron chi connectivity index (χ4n) is 2.41. The minimum Gasteiger partial charge on any atom is -0.463 e. The second-order valence-electron chi connectivity index (χ2n) is 6.93. The second-order valence-corrected chi connectivity index (χ2v) is 6.93. The normalized spacial score (nSPS) is 26.4. The molecule has 1 aromatic rings. The number of aromatic nitrogens is 2. The lowest BCUT2D eigenvalue weighted by Gasteiger charge is -2.32. The van der Waals surface area contributed by atoms with E-state index in [1.165, 1.54) is 0 Å². The SMILES string of the molecule is CC1(C)OB(c2cnc(OC[C@@H]3CCOC3)nc2)OC1(C)C. The molecule has 7 heteroatoms. The maximum absolute atomic E-state index is 5.97. The van der Waals surface area contributed by atoms with Gasteiger partial charge in [0.1, 0.15) is 0 Å². The molecular formula is C15H23BN2O4. The highest BCUT2D eigenvalue weighted by Gasteiger charge is 2.51. The zero-order chi connectivity index (χ0) is 15.8. The third-order valence-electron chi connectivity index (χ3n) is 4.65. The molecule has 0 aliphatic carbocycles. The van der Waals surface area contributed by atoms with Crippen LogP contribution in [-0.2, 0) is 14.0 Å². The van der Waals surface area contributed by atoms with Crippen LogP contribution in [0.25, 0.3) is 0 Å². The van der Waals surface area contributed by atoms with Gasteiger partial charge < -0.3 is 18.8 Å². The predicted molar refractivity (Wildman–Crippen MR) is 82.2 cm³/mol. The Morgan fingerprint density at radius 1 is 1.18 bits per heavy atom. The first-order valence-corrected chi connectivity index (χ1v) is 7.75. The molecule has 22 heavy (non-hydrogen) atoms. The average molecular weight is 306 g/mol. The summed E-state index contributed by atoms with van der Waals surface area (Å²) in [5.41, 5.74) is 0.0696. The van der Waals surface area contributed by atoms with Crippen LogP contribution in [0.3, 0.4) is 0 Å².